The lowest BCUT2D eigenvalue weighted by molar-refractivity contribution is -0.146. The van der Waals surface area contributed by atoms with E-state index in [1.54, 1.807) is 0 Å². The van der Waals surface area contributed by atoms with Crippen LogP contribution < -0.4 is 0 Å². The third-order valence-corrected chi connectivity index (χ3v) is 3.29. The van der Waals surface area contributed by atoms with Gasteiger partial charge >= 0.3 is 5.97 Å². The quantitative estimate of drug-likeness (QED) is 0.788. The van der Waals surface area contributed by atoms with Crippen LogP contribution in [0.4, 0.5) is 0 Å². The fourth-order valence-corrected chi connectivity index (χ4v) is 2.03. The van der Waals surface area contributed by atoms with Gasteiger partial charge in [0.05, 0.1) is 12.0 Å². The Kier molecular flexibility index (Phi) is 4.68. The fraction of sp³-hybridized carbons (Fsp3) is 0.750. The summed E-state index contributed by atoms with van der Waals surface area (Å²) in [5.41, 5.74) is -1.05. The van der Waals surface area contributed by atoms with Gasteiger partial charge in [-0.3, -0.25) is 9.59 Å². The second kappa shape index (κ2) is 5.83. The molecule has 6 nitrogen and oxygen atoms in total. The van der Waals surface area contributed by atoms with E-state index in [9.17, 15) is 14.9 Å². The number of carbonyl (C=O) groups is 2. The third kappa shape index (κ3) is 2.99. The number of aliphatic carboxylic acids is 1. The number of amides is 1. The summed E-state index contributed by atoms with van der Waals surface area (Å²) in [6.07, 6.45) is 0.738. The summed E-state index contributed by atoms with van der Waals surface area (Å²) in [6.45, 7) is 2.43. The van der Waals surface area contributed by atoms with Crippen molar-refractivity contribution < 1.29 is 19.4 Å². The van der Waals surface area contributed by atoms with Crippen LogP contribution in [0.3, 0.4) is 0 Å². The average molecular weight is 254 g/mol. The van der Waals surface area contributed by atoms with Crippen LogP contribution >= 0.6 is 0 Å². The summed E-state index contributed by atoms with van der Waals surface area (Å²) in [7, 11) is 1.54. The molecule has 1 aliphatic rings. The van der Waals surface area contributed by atoms with Gasteiger partial charge in [0.25, 0.3) is 0 Å². The minimum atomic E-state index is -1.05. The number of nitrogens with zero attached hydrogens (tertiary/aromatic N) is 2. The molecule has 1 rings (SSSR count). The standard InChI is InChI=1S/C12H18N2O4/c1-9(10(15)16)7-14(2)11(17)12(8-13)3-5-18-6-4-12/h9H,3-7H2,1-2H3,(H,15,16). The smallest absolute Gasteiger partial charge is 0.308 e. The molecule has 6 heteroatoms. The van der Waals surface area contributed by atoms with Crippen LogP contribution in [-0.4, -0.2) is 48.7 Å². The Bertz CT molecular complexity index is 369. The first-order valence-electron chi connectivity index (χ1n) is 5.90. The number of carbonyl (C=O) groups excluding carboxylic acids is 1. The predicted octanol–water partition coefficient (Wildman–Crippen LogP) is 0.486. The maximum Gasteiger partial charge on any atom is 0.308 e. The van der Waals surface area contributed by atoms with Crippen molar-refractivity contribution in [1.29, 1.82) is 5.26 Å². The Morgan fingerprint density at radius 2 is 2.06 bits per heavy atom. The first-order valence-corrected chi connectivity index (χ1v) is 5.90. The normalized spacial score (nSPS) is 19.6. The zero-order chi connectivity index (χ0) is 13.8. The van der Waals surface area contributed by atoms with Crippen molar-refractivity contribution in [2.24, 2.45) is 11.3 Å². The molecule has 1 aliphatic heterocycles. The van der Waals surface area contributed by atoms with Crippen LogP contribution in [0.2, 0.25) is 0 Å². The summed E-state index contributed by atoms with van der Waals surface area (Å²) in [5, 5.41) is 18.1. The molecule has 18 heavy (non-hydrogen) atoms. The van der Waals surface area contributed by atoms with Crippen LogP contribution in [0.5, 0.6) is 0 Å². The first-order chi connectivity index (χ1) is 8.43. The Morgan fingerprint density at radius 3 is 2.50 bits per heavy atom. The van der Waals surface area contributed by atoms with Crippen LogP contribution in [0.1, 0.15) is 19.8 Å². The molecule has 1 heterocycles. The van der Waals surface area contributed by atoms with Crippen molar-refractivity contribution in [2.45, 2.75) is 19.8 Å². The van der Waals surface area contributed by atoms with E-state index in [-0.39, 0.29) is 12.5 Å². The Morgan fingerprint density at radius 1 is 1.50 bits per heavy atom. The first kappa shape index (κ1) is 14.5. The lowest BCUT2D eigenvalue weighted by Gasteiger charge is -2.33. The Labute approximate surface area is 106 Å². The lowest BCUT2D eigenvalue weighted by atomic mass is 9.80. The van der Waals surface area contributed by atoms with E-state index < -0.39 is 17.3 Å². The molecular formula is C12H18N2O4. The fourth-order valence-electron chi connectivity index (χ4n) is 2.03. The Hall–Kier alpha value is -1.61. The molecule has 0 aliphatic carbocycles. The third-order valence-electron chi connectivity index (χ3n) is 3.29. The molecule has 1 saturated heterocycles. The van der Waals surface area contributed by atoms with Crippen LogP contribution in [-0.2, 0) is 14.3 Å². The molecule has 0 saturated carbocycles. The van der Waals surface area contributed by atoms with E-state index in [0.29, 0.717) is 26.1 Å². The number of rotatable bonds is 4. The SMILES string of the molecule is CC(CN(C)C(=O)C1(C#N)CCOCC1)C(=O)O. The molecule has 100 valence electrons. The van der Waals surface area contributed by atoms with E-state index in [1.165, 1.54) is 18.9 Å². The second-order valence-corrected chi connectivity index (χ2v) is 4.73. The maximum absolute atomic E-state index is 12.3. The highest BCUT2D eigenvalue weighted by Crippen LogP contribution is 2.31. The second-order valence-electron chi connectivity index (χ2n) is 4.73. The van der Waals surface area contributed by atoms with Crippen LogP contribution in [0.25, 0.3) is 0 Å². The van der Waals surface area contributed by atoms with Crippen molar-refractivity contribution in [3.63, 3.8) is 0 Å². The number of carboxylic acids is 1. The summed E-state index contributed by atoms with van der Waals surface area (Å²) >= 11 is 0. The summed E-state index contributed by atoms with van der Waals surface area (Å²) in [6, 6.07) is 2.08. The monoisotopic (exact) mass is 254 g/mol. The summed E-state index contributed by atoms with van der Waals surface area (Å²) in [4.78, 5) is 24.4. The van der Waals surface area contributed by atoms with Gasteiger partial charge in [-0.2, -0.15) is 5.26 Å². The van der Waals surface area contributed by atoms with Crippen molar-refractivity contribution in [3.05, 3.63) is 0 Å². The minimum Gasteiger partial charge on any atom is -0.481 e. The van der Waals surface area contributed by atoms with Gasteiger partial charge in [-0.1, -0.05) is 6.92 Å². The van der Waals surface area contributed by atoms with Crippen LogP contribution in [0, 0.1) is 22.7 Å². The molecule has 0 bridgehead atoms. The summed E-state index contributed by atoms with van der Waals surface area (Å²) in [5.74, 6) is -1.90. The van der Waals surface area contributed by atoms with Gasteiger partial charge in [-0.05, 0) is 12.8 Å². The van der Waals surface area contributed by atoms with E-state index >= 15 is 0 Å². The van der Waals surface area contributed by atoms with Crippen molar-refractivity contribution >= 4 is 11.9 Å². The molecule has 1 unspecified atom stereocenters. The van der Waals surface area contributed by atoms with Gasteiger partial charge in [-0.15, -0.1) is 0 Å². The van der Waals surface area contributed by atoms with E-state index in [2.05, 4.69) is 6.07 Å². The van der Waals surface area contributed by atoms with E-state index in [0.717, 1.165) is 0 Å². The van der Waals surface area contributed by atoms with Gasteiger partial charge in [0.2, 0.25) is 5.91 Å². The van der Waals surface area contributed by atoms with E-state index in [4.69, 9.17) is 9.84 Å². The van der Waals surface area contributed by atoms with Gasteiger partial charge < -0.3 is 14.7 Å². The predicted molar refractivity (Wildman–Crippen MR) is 62.5 cm³/mol. The highest BCUT2D eigenvalue weighted by atomic mass is 16.5. The zero-order valence-corrected chi connectivity index (χ0v) is 10.7. The van der Waals surface area contributed by atoms with Gasteiger partial charge in [-0.25, -0.2) is 0 Å². The highest BCUT2D eigenvalue weighted by Gasteiger charge is 2.42. The Balaban J connectivity index is 2.72. The van der Waals surface area contributed by atoms with E-state index in [1.807, 2.05) is 0 Å². The molecule has 0 spiro atoms. The molecule has 0 aromatic carbocycles. The van der Waals surface area contributed by atoms with Gasteiger partial charge in [0, 0.05) is 26.8 Å². The zero-order valence-electron chi connectivity index (χ0n) is 10.7. The molecule has 1 atom stereocenters. The van der Waals surface area contributed by atoms with Gasteiger partial charge in [0.15, 0.2) is 0 Å². The molecule has 0 radical (unpaired) electrons. The number of hydrogen-bond acceptors (Lipinski definition) is 4. The number of ether oxygens (including phenoxy) is 1. The van der Waals surface area contributed by atoms with Crippen molar-refractivity contribution in [3.8, 4) is 6.07 Å². The number of carboxylic acid groups (broad SMARTS) is 1. The highest BCUT2D eigenvalue weighted by molar-refractivity contribution is 5.85. The lowest BCUT2D eigenvalue weighted by Crippen LogP contribution is -2.46. The summed E-state index contributed by atoms with van der Waals surface area (Å²) < 4.78 is 5.16. The molecule has 0 aromatic rings. The van der Waals surface area contributed by atoms with Gasteiger partial charge in [0.1, 0.15) is 5.41 Å². The molecule has 1 fully saturated rings. The van der Waals surface area contributed by atoms with Crippen molar-refractivity contribution in [2.75, 3.05) is 26.8 Å². The largest absolute Gasteiger partial charge is 0.481 e. The topological polar surface area (TPSA) is 90.6 Å². The molecular weight excluding hydrogens is 236 g/mol. The number of nitriles is 1. The van der Waals surface area contributed by atoms with Crippen molar-refractivity contribution in [1.82, 2.24) is 4.90 Å². The molecule has 0 aromatic heterocycles. The van der Waals surface area contributed by atoms with Crippen LogP contribution in [0.15, 0.2) is 0 Å². The minimum absolute atomic E-state index is 0.110. The number of hydrogen-bond donors (Lipinski definition) is 1. The maximum atomic E-state index is 12.3. The average Bonchev–Trinajstić information content (AvgIpc) is 2.38. The molecule has 1 amide bonds. The molecule has 1 N–H and O–H groups in total.